The first-order valence-electron chi connectivity index (χ1n) is 3.61. The molecule has 1 rings (SSSR count). The van der Waals surface area contributed by atoms with Crippen molar-refractivity contribution in [2.75, 3.05) is 5.32 Å². The summed E-state index contributed by atoms with van der Waals surface area (Å²) in [4.78, 5) is 0. The highest BCUT2D eigenvalue weighted by atomic mass is 32.3. The molecule has 1 N–H and O–H groups in total. The number of hydrogen-bond donors (Lipinski definition) is 1. The molecule has 0 amide bonds. The van der Waals surface area contributed by atoms with Crippen molar-refractivity contribution in [3.8, 4) is 0 Å². The average molecular weight is 219 g/mol. The third kappa shape index (κ3) is 3.99. The molecule has 0 aromatic heterocycles. The average Bonchev–Trinajstić information content (AvgIpc) is 2.06. The SMILES string of the molecule is O=S(=O)(F)C=CNc1ccc(F)cc1. The topological polar surface area (TPSA) is 46.2 Å². The number of nitrogens with one attached hydrogen (secondary N) is 1. The van der Waals surface area contributed by atoms with Gasteiger partial charge in [-0.1, -0.05) is 0 Å². The van der Waals surface area contributed by atoms with Crippen molar-refractivity contribution >= 4 is 15.9 Å². The summed E-state index contributed by atoms with van der Waals surface area (Å²) in [5.41, 5.74) is 0.464. The zero-order valence-corrected chi connectivity index (χ0v) is 7.76. The lowest BCUT2D eigenvalue weighted by Gasteiger charge is -1.98. The Labute approximate surface area is 80.3 Å². The summed E-state index contributed by atoms with van der Waals surface area (Å²) in [6.45, 7) is 0. The fourth-order valence-corrected chi connectivity index (χ4v) is 0.988. The Balaban J connectivity index is 2.63. The molecule has 1 aromatic carbocycles. The summed E-state index contributed by atoms with van der Waals surface area (Å²) >= 11 is 0. The van der Waals surface area contributed by atoms with Crippen LogP contribution in [0.1, 0.15) is 0 Å². The minimum Gasteiger partial charge on any atom is -0.361 e. The van der Waals surface area contributed by atoms with Crippen LogP contribution in [0.4, 0.5) is 14.0 Å². The summed E-state index contributed by atoms with van der Waals surface area (Å²) in [7, 11) is -4.62. The van der Waals surface area contributed by atoms with Gasteiger partial charge < -0.3 is 5.32 Å². The van der Waals surface area contributed by atoms with Crippen LogP contribution in [0.5, 0.6) is 0 Å². The Bertz CT molecular complexity index is 425. The summed E-state index contributed by atoms with van der Waals surface area (Å²) in [5, 5.41) is 2.83. The molecule has 76 valence electrons. The lowest BCUT2D eigenvalue weighted by atomic mass is 10.3. The van der Waals surface area contributed by atoms with Gasteiger partial charge in [0.1, 0.15) is 5.82 Å². The molecule has 0 atom stereocenters. The van der Waals surface area contributed by atoms with E-state index in [1.54, 1.807) is 0 Å². The molecule has 0 aliphatic heterocycles. The largest absolute Gasteiger partial charge is 0.361 e. The van der Waals surface area contributed by atoms with Gasteiger partial charge in [0.25, 0.3) is 0 Å². The molecule has 0 saturated carbocycles. The highest BCUT2D eigenvalue weighted by molar-refractivity contribution is 7.89. The van der Waals surface area contributed by atoms with E-state index < -0.39 is 16.0 Å². The standard InChI is InChI=1S/C8H7F2NO2S/c9-7-1-3-8(4-2-7)11-5-6-14(10,12)13/h1-6,11H. The molecule has 6 heteroatoms. The minimum atomic E-state index is -4.62. The van der Waals surface area contributed by atoms with Gasteiger partial charge in [-0.05, 0) is 24.3 Å². The summed E-state index contributed by atoms with van der Waals surface area (Å²) in [5.74, 6) is -0.405. The molecule has 0 bridgehead atoms. The molecule has 0 fully saturated rings. The van der Waals surface area contributed by atoms with Crippen molar-refractivity contribution in [2.45, 2.75) is 0 Å². The summed E-state index contributed by atoms with van der Waals surface area (Å²) < 4.78 is 44.4. The van der Waals surface area contributed by atoms with Crippen molar-refractivity contribution in [1.82, 2.24) is 0 Å². The molecule has 0 spiro atoms. The van der Waals surface area contributed by atoms with E-state index in [-0.39, 0.29) is 0 Å². The van der Waals surface area contributed by atoms with Gasteiger partial charge in [-0.15, -0.1) is 3.89 Å². The molecule has 0 unspecified atom stereocenters. The van der Waals surface area contributed by atoms with E-state index in [2.05, 4.69) is 5.32 Å². The predicted octanol–water partition coefficient (Wildman–Crippen LogP) is 2.01. The van der Waals surface area contributed by atoms with Gasteiger partial charge in [-0.3, -0.25) is 0 Å². The fraction of sp³-hybridized carbons (Fsp3) is 0. The summed E-state index contributed by atoms with van der Waals surface area (Å²) in [6.07, 6.45) is 0.919. The molecule has 3 nitrogen and oxygen atoms in total. The Morgan fingerprint density at radius 1 is 1.21 bits per heavy atom. The molecule has 14 heavy (non-hydrogen) atoms. The van der Waals surface area contributed by atoms with Crippen LogP contribution in [0.25, 0.3) is 0 Å². The number of hydrogen-bond acceptors (Lipinski definition) is 3. The molecular formula is C8H7F2NO2S. The molecule has 1 aromatic rings. The quantitative estimate of drug-likeness (QED) is 0.791. The van der Waals surface area contributed by atoms with E-state index in [1.165, 1.54) is 24.3 Å². The van der Waals surface area contributed by atoms with E-state index in [0.717, 1.165) is 6.20 Å². The van der Waals surface area contributed by atoms with E-state index >= 15 is 0 Å². The third-order valence-electron chi connectivity index (χ3n) is 1.32. The van der Waals surface area contributed by atoms with Gasteiger partial charge in [0.15, 0.2) is 0 Å². The van der Waals surface area contributed by atoms with Gasteiger partial charge in [0.2, 0.25) is 0 Å². The minimum absolute atomic E-state index is 0.371. The van der Waals surface area contributed by atoms with Gasteiger partial charge in [-0.25, -0.2) is 4.39 Å². The van der Waals surface area contributed by atoms with E-state index in [0.29, 0.717) is 11.1 Å². The normalized spacial score (nSPS) is 11.9. The van der Waals surface area contributed by atoms with Crippen LogP contribution in [-0.2, 0) is 10.2 Å². The predicted molar refractivity (Wildman–Crippen MR) is 49.2 cm³/mol. The van der Waals surface area contributed by atoms with Crippen molar-refractivity contribution in [3.05, 3.63) is 41.7 Å². The first-order chi connectivity index (χ1) is 6.47. The first-order valence-corrected chi connectivity index (χ1v) is 5.05. The molecule has 0 radical (unpaired) electrons. The Hall–Kier alpha value is -1.43. The van der Waals surface area contributed by atoms with Crippen LogP contribution in [0.3, 0.4) is 0 Å². The van der Waals surface area contributed by atoms with Gasteiger partial charge in [0, 0.05) is 11.9 Å². The lowest BCUT2D eigenvalue weighted by molar-refractivity contribution is 0.563. The number of halogens is 2. The zero-order valence-electron chi connectivity index (χ0n) is 6.94. The van der Waals surface area contributed by atoms with Gasteiger partial charge in [0.05, 0.1) is 5.41 Å². The van der Waals surface area contributed by atoms with Crippen LogP contribution in [-0.4, -0.2) is 8.42 Å². The fourth-order valence-electron chi connectivity index (χ4n) is 0.758. The second kappa shape index (κ2) is 4.19. The van der Waals surface area contributed by atoms with Crippen LogP contribution in [0, 0.1) is 5.82 Å². The number of rotatable bonds is 3. The maximum Gasteiger partial charge on any atom is 0.326 e. The Morgan fingerprint density at radius 2 is 1.79 bits per heavy atom. The van der Waals surface area contributed by atoms with E-state index in [1.807, 2.05) is 0 Å². The van der Waals surface area contributed by atoms with E-state index in [4.69, 9.17) is 0 Å². The van der Waals surface area contributed by atoms with Crippen molar-refractivity contribution in [1.29, 1.82) is 0 Å². The summed E-state index contributed by atoms with van der Waals surface area (Å²) in [6, 6.07) is 5.18. The van der Waals surface area contributed by atoms with Gasteiger partial charge >= 0.3 is 10.2 Å². The molecular weight excluding hydrogens is 212 g/mol. The Kier molecular flexibility index (Phi) is 3.19. The highest BCUT2D eigenvalue weighted by Crippen LogP contribution is 2.08. The molecule has 0 aliphatic rings. The van der Waals surface area contributed by atoms with Crippen LogP contribution < -0.4 is 5.32 Å². The second-order valence-corrected chi connectivity index (χ2v) is 3.65. The van der Waals surface area contributed by atoms with Crippen LogP contribution in [0.15, 0.2) is 35.9 Å². The maximum atomic E-state index is 12.4. The number of benzene rings is 1. The molecule has 0 heterocycles. The van der Waals surface area contributed by atoms with Crippen molar-refractivity contribution in [2.24, 2.45) is 0 Å². The third-order valence-corrected chi connectivity index (χ3v) is 1.79. The number of anilines is 1. The highest BCUT2D eigenvalue weighted by Gasteiger charge is 1.97. The van der Waals surface area contributed by atoms with Crippen molar-refractivity contribution in [3.63, 3.8) is 0 Å². The lowest BCUT2D eigenvalue weighted by Crippen LogP contribution is -1.89. The molecule has 0 aliphatic carbocycles. The van der Waals surface area contributed by atoms with Crippen molar-refractivity contribution < 1.29 is 16.7 Å². The first kappa shape index (κ1) is 10.6. The van der Waals surface area contributed by atoms with Crippen LogP contribution >= 0.6 is 0 Å². The van der Waals surface area contributed by atoms with Gasteiger partial charge in [-0.2, -0.15) is 8.42 Å². The molecule has 0 saturated heterocycles. The second-order valence-electron chi connectivity index (χ2n) is 2.43. The monoisotopic (exact) mass is 219 g/mol. The smallest absolute Gasteiger partial charge is 0.326 e. The Morgan fingerprint density at radius 3 is 2.29 bits per heavy atom. The zero-order chi connectivity index (χ0) is 10.6. The van der Waals surface area contributed by atoms with E-state index in [9.17, 15) is 16.7 Å². The van der Waals surface area contributed by atoms with Crippen LogP contribution in [0.2, 0.25) is 0 Å². The maximum absolute atomic E-state index is 12.4.